The van der Waals surface area contributed by atoms with Gasteiger partial charge in [0.05, 0.1) is 13.2 Å². The summed E-state index contributed by atoms with van der Waals surface area (Å²) in [5.41, 5.74) is 0. The Bertz CT molecular complexity index is 573. The van der Waals surface area contributed by atoms with E-state index < -0.39 is 11.6 Å². The van der Waals surface area contributed by atoms with Crippen molar-refractivity contribution in [1.29, 1.82) is 0 Å². The van der Waals surface area contributed by atoms with E-state index in [-0.39, 0.29) is 11.5 Å². The first kappa shape index (κ1) is 16.3. The Morgan fingerprint density at radius 2 is 1.70 bits per heavy atom. The SMILES string of the molecule is C=CC1CCC2C(COc3ccc(OCC)c(F)c3F)CCC12. The van der Waals surface area contributed by atoms with E-state index in [4.69, 9.17) is 9.47 Å². The Labute approximate surface area is 136 Å². The molecule has 2 saturated carbocycles. The smallest absolute Gasteiger partial charge is 0.204 e. The van der Waals surface area contributed by atoms with Crippen molar-refractivity contribution in [1.82, 2.24) is 0 Å². The number of hydrogen-bond acceptors (Lipinski definition) is 2. The summed E-state index contributed by atoms with van der Waals surface area (Å²) < 4.78 is 38.6. The van der Waals surface area contributed by atoms with Crippen molar-refractivity contribution < 1.29 is 18.3 Å². The van der Waals surface area contributed by atoms with Gasteiger partial charge in [-0.3, -0.25) is 0 Å². The van der Waals surface area contributed by atoms with Crippen molar-refractivity contribution in [3.05, 3.63) is 36.4 Å². The third kappa shape index (κ3) is 3.08. The van der Waals surface area contributed by atoms with Crippen LogP contribution >= 0.6 is 0 Å². The van der Waals surface area contributed by atoms with E-state index >= 15 is 0 Å². The fraction of sp³-hybridized carbons (Fsp3) is 0.579. The highest BCUT2D eigenvalue weighted by Crippen LogP contribution is 2.51. The summed E-state index contributed by atoms with van der Waals surface area (Å²) in [5.74, 6) is 0.359. The second-order valence-electron chi connectivity index (χ2n) is 6.58. The normalized spacial score (nSPS) is 29.3. The summed E-state index contributed by atoms with van der Waals surface area (Å²) in [6, 6.07) is 2.88. The van der Waals surface area contributed by atoms with Gasteiger partial charge in [0.1, 0.15) is 0 Å². The van der Waals surface area contributed by atoms with Crippen LogP contribution < -0.4 is 9.47 Å². The molecule has 4 heteroatoms. The molecule has 2 aliphatic rings. The lowest BCUT2D eigenvalue weighted by atomic mass is 9.89. The molecule has 0 heterocycles. The average Bonchev–Trinajstić information content (AvgIpc) is 3.13. The van der Waals surface area contributed by atoms with Crippen molar-refractivity contribution in [2.45, 2.75) is 32.6 Å². The zero-order valence-electron chi connectivity index (χ0n) is 13.6. The molecular formula is C19H24F2O2. The molecule has 0 radical (unpaired) electrons. The summed E-state index contributed by atoms with van der Waals surface area (Å²) in [6.07, 6.45) is 6.75. The van der Waals surface area contributed by atoms with Gasteiger partial charge in [0.2, 0.25) is 11.6 Å². The topological polar surface area (TPSA) is 18.5 Å². The zero-order chi connectivity index (χ0) is 16.4. The van der Waals surface area contributed by atoms with Crippen molar-refractivity contribution in [3.63, 3.8) is 0 Å². The summed E-state index contributed by atoms with van der Waals surface area (Å²) in [4.78, 5) is 0. The molecule has 3 rings (SSSR count). The number of fused-ring (bicyclic) bond motifs is 1. The van der Waals surface area contributed by atoms with E-state index in [9.17, 15) is 8.78 Å². The maximum atomic E-state index is 14.1. The third-order valence-electron chi connectivity index (χ3n) is 5.48. The second kappa shape index (κ2) is 6.90. The Kier molecular flexibility index (Phi) is 4.88. The summed E-state index contributed by atoms with van der Waals surface area (Å²) in [5, 5.41) is 0. The number of hydrogen-bond donors (Lipinski definition) is 0. The van der Waals surface area contributed by atoms with Crippen molar-refractivity contribution in [2.24, 2.45) is 23.7 Å². The fourth-order valence-electron chi connectivity index (χ4n) is 4.35. The Balaban J connectivity index is 1.63. The highest BCUT2D eigenvalue weighted by atomic mass is 19.2. The van der Waals surface area contributed by atoms with Gasteiger partial charge in [0.15, 0.2) is 11.5 Å². The van der Waals surface area contributed by atoms with Crippen LogP contribution in [0.15, 0.2) is 24.8 Å². The van der Waals surface area contributed by atoms with Crippen LogP contribution in [-0.4, -0.2) is 13.2 Å². The number of rotatable bonds is 6. The quantitative estimate of drug-likeness (QED) is 0.688. The van der Waals surface area contributed by atoms with E-state index in [2.05, 4.69) is 12.7 Å². The monoisotopic (exact) mass is 322 g/mol. The van der Waals surface area contributed by atoms with Crippen molar-refractivity contribution in [3.8, 4) is 11.5 Å². The molecule has 0 aromatic heterocycles. The van der Waals surface area contributed by atoms with Gasteiger partial charge in [-0.2, -0.15) is 8.78 Å². The Morgan fingerprint density at radius 1 is 1.04 bits per heavy atom. The van der Waals surface area contributed by atoms with E-state index in [1.807, 2.05) is 0 Å². The fourth-order valence-corrected chi connectivity index (χ4v) is 4.35. The molecule has 2 aliphatic carbocycles. The van der Waals surface area contributed by atoms with E-state index in [0.717, 1.165) is 6.42 Å². The van der Waals surface area contributed by atoms with E-state index in [1.54, 1.807) is 6.92 Å². The molecule has 0 saturated heterocycles. The van der Waals surface area contributed by atoms with Gasteiger partial charge in [0.25, 0.3) is 0 Å². The lowest BCUT2D eigenvalue weighted by Gasteiger charge is -2.20. The minimum absolute atomic E-state index is 0.0207. The number of allylic oxidation sites excluding steroid dienone is 1. The second-order valence-corrected chi connectivity index (χ2v) is 6.58. The molecule has 2 nitrogen and oxygen atoms in total. The highest BCUT2D eigenvalue weighted by Gasteiger charge is 2.43. The molecule has 0 aliphatic heterocycles. The first-order valence-electron chi connectivity index (χ1n) is 8.51. The standard InChI is InChI=1S/C19H24F2O2/c1-3-12-5-7-15-13(6-8-14(12)15)11-23-17-10-9-16(22-4-2)18(20)19(17)21/h3,9-10,12-15H,1,4-8,11H2,2H3. The Hall–Kier alpha value is -1.58. The van der Waals surface area contributed by atoms with Crippen LogP contribution in [0.5, 0.6) is 11.5 Å². The van der Waals surface area contributed by atoms with Gasteiger partial charge in [-0.1, -0.05) is 6.08 Å². The lowest BCUT2D eigenvalue weighted by molar-refractivity contribution is 0.196. The van der Waals surface area contributed by atoms with Crippen LogP contribution in [0.3, 0.4) is 0 Å². The first-order valence-corrected chi connectivity index (χ1v) is 8.51. The van der Waals surface area contributed by atoms with Crippen LogP contribution in [0.4, 0.5) is 8.78 Å². The van der Waals surface area contributed by atoms with Crippen molar-refractivity contribution in [2.75, 3.05) is 13.2 Å². The molecule has 2 fully saturated rings. The summed E-state index contributed by atoms with van der Waals surface area (Å²) >= 11 is 0. The van der Waals surface area contributed by atoms with Gasteiger partial charge in [-0.05, 0) is 68.4 Å². The molecule has 4 atom stereocenters. The molecule has 1 aromatic rings. The minimum atomic E-state index is -0.971. The lowest BCUT2D eigenvalue weighted by Crippen LogP contribution is -2.18. The van der Waals surface area contributed by atoms with Gasteiger partial charge in [-0.25, -0.2) is 0 Å². The van der Waals surface area contributed by atoms with Gasteiger partial charge >= 0.3 is 0 Å². The molecule has 1 aromatic carbocycles. The molecule has 0 spiro atoms. The van der Waals surface area contributed by atoms with Crippen LogP contribution in [-0.2, 0) is 0 Å². The van der Waals surface area contributed by atoms with E-state index in [0.29, 0.717) is 36.9 Å². The first-order chi connectivity index (χ1) is 11.2. The predicted octanol–water partition coefficient (Wildman–Crippen LogP) is 4.98. The number of ether oxygens (including phenoxy) is 2. The molecule has 126 valence electrons. The minimum Gasteiger partial charge on any atom is -0.491 e. The van der Waals surface area contributed by atoms with Gasteiger partial charge < -0.3 is 9.47 Å². The number of benzene rings is 1. The predicted molar refractivity (Wildman–Crippen MR) is 85.6 cm³/mol. The van der Waals surface area contributed by atoms with Crippen LogP contribution in [0.1, 0.15) is 32.6 Å². The molecule has 0 N–H and O–H groups in total. The van der Waals surface area contributed by atoms with Crippen molar-refractivity contribution >= 4 is 0 Å². The van der Waals surface area contributed by atoms with Crippen LogP contribution in [0, 0.1) is 35.3 Å². The maximum Gasteiger partial charge on any atom is 0.204 e. The van der Waals surface area contributed by atoms with Gasteiger partial charge in [-0.15, -0.1) is 6.58 Å². The Morgan fingerprint density at radius 3 is 2.35 bits per heavy atom. The molecular weight excluding hydrogens is 298 g/mol. The molecule has 0 amide bonds. The largest absolute Gasteiger partial charge is 0.491 e. The highest BCUT2D eigenvalue weighted by molar-refractivity contribution is 5.35. The summed E-state index contributed by atoms with van der Waals surface area (Å²) in [6.45, 7) is 6.42. The van der Waals surface area contributed by atoms with Gasteiger partial charge in [0, 0.05) is 0 Å². The van der Waals surface area contributed by atoms with Crippen LogP contribution in [0.2, 0.25) is 0 Å². The molecule has 0 bridgehead atoms. The zero-order valence-corrected chi connectivity index (χ0v) is 13.6. The molecule has 4 unspecified atom stereocenters. The van der Waals surface area contributed by atoms with E-state index in [1.165, 1.54) is 31.4 Å². The van der Waals surface area contributed by atoms with Crippen LogP contribution in [0.25, 0.3) is 0 Å². The maximum absolute atomic E-state index is 14.1. The summed E-state index contributed by atoms with van der Waals surface area (Å²) in [7, 11) is 0. The average molecular weight is 322 g/mol. The third-order valence-corrected chi connectivity index (χ3v) is 5.48. The number of halogens is 2. The molecule has 23 heavy (non-hydrogen) atoms.